The summed E-state index contributed by atoms with van der Waals surface area (Å²) in [6.45, 7) is 0. The Balaban J connectivity index is 2.91. The second-order valence-electron chi connectivity index (χ2n) is 2.64. The third-order valence-electron chi connectivity index (χ3n) is 1.52. The van der Waals surface area contributed by atoms with E-state index in [-0.39, 0.29) is 11.2 Å². The van der Waals surface area contributed by atoms with Crippen LogP contribution < -0.4 is 5.56 Å². The van der Waals surface area contributed by atoms with Crippen molar-refractivity contribution in [2.45, 2.75) is 5.16 Å². The normalized spacial score (nSPS) is 12.1. The van der Waals surface area contributed by atoms with E-state index in [2.05, 4.69) is 25.4 Å². The van der Waals surface area contributed by atoms with E-state index >= 15 is 0 Å². The first-order valence-corrected chi connectivity index (χ1v) is 5.38. The number of aromatic amines is 2. The van der Waals surface area contributed by atoms with Crippen LogP contribution in [0.15, 0.2) is 9.95 Å². The van der Waals surface area contributed by atoms with Crippen molar-refractivity contribution in [3.63, 3.8) is 0 Å². The molecular weight excluding hydrogens is 210 g/mol. The molecule has 0 aliphatic heterocycles. The maximum absolute atomic E-state index is 11.2. The SMILES string of the molecule is CS(=O)(=O)c1nc2n[nH]nc2c(=O)[nH]1. The average Bonchev–Trinajstić information content (AvgIpc) is 2.50. The third-order valence-corrected chi connectivity index (χ3v) is 2.42. The zero-order chi connectivity index (χ0) is 10.3. The fraction of sp³-hybridized carbons (Fsp3) is 0.200. The van der Waals surface area contributed by atoms with Gasteiger partial charge in [-0.2, -0.15) is 10.2 Å². The van der Waals surface area contributed by atoms with Gasteiger partial charge in [-0.05, 0) is 0 Å². The number of rotatable bonds is 1. The van der Waals surface area contributed by atoms with Crippen LogP contribution in [0.25, 0.3) is 11.2 Å². The van der Waals surface area contributed by atoms with Crippen LogP contribution in [0.3, 0.4) is 0 Å². The Bertz CT molecular complexity index is 639. The minimum atomic E-state index is -3.54. The van der Waals surface area contributed by atoms with E-state index in [1.807, 2.05) is 0 Å². The van der Waals surface area contributed by atoms with E-state index in [0.717, 1.165) is 6.26 Å². The van der Waals surface area contributed by atoms with Gasteiger partial charge in [0.05, 0.1) is 0 Å². The van der Waals surface area contributed by atoms with Crippen LogP contribution in [0.4, 0.5) is 0 Å². The Kier molecular flexibility index (Phi) is 1.64. The summed E-state index contributed by atoms with van der Waals surface area (Å²) in [4.78, 5) is 16.9. The summed E-state index contributed by atoms with van der Waals surface area (Å²) in [6.07, 6.45) is 0.942. The molecule has 0 saturated carbocycles. The van der Waals surface area contributed by atoms with Gasteiger partial charge in [0, 0.05) is 6.26 Å². The number of H-pyrrole nitrogens is 2. The van der Waals surface area contributed by atoms with Gasteiger partial charge in [-0.15, -0.1) is 10.2 Å². The molecule has 0 spiro atoms. The van der Waals surface area contributed by atoms with Crippen molar-refractivity contribution in [3.8, 4) is 0 Å². The fourth-order valence-electron chi connectivity index (χ4n) is 0.912. The Labute approximate surface area is 77.3 Å². The van der Waals surface area contributed by atoms with Crippen LogP contribution in [-0.2, 0) is 9.84 Å². The predicted octanol–water partition coefficient (Wildman–Crippen LogP) is -1.56. The van der Waals surface area contributed by atoms with Gasteiger partial charge < -0.3 is 0 Å². The number of hydrogen-bond donors (Lipinski definition) is 2. The predicted molar refractivity (Wildman–Crippen MR) is 45.4 cm³/mol. The molecule has 0 aromatic carbocycles. The van der Waals surface area contributed by atoms with Gasteiger partial charge in [0.25, 0.3) is 5.56 Å². The number of hydrogen-bond acceptors (Lipinski definition) is 6. The molecule has 0 atom stereocenters. The van der Waals surface area contributed by atoms with E-state index in [0.29, 0.717) is 0 Å². The van der Waals surface area contributed by atoms with E-state index in [1.54, 1.807) is 0 Å². The first kappa shape index (κ1) is 8.81. The summed E-state index contributed by atoms with van der Waals surface area (Å²) < 4.78 is 22.1. The van der Waals surface area contributed by atoms with E-state index in [1.165, 1.54) is 0 Å². The highest BCUT2D eigenvalue weighted by atomic mass is 32.2. The van der Waals surface area contributed by atoms with Gasteiger partial charge in [-0.1, -0.05) is 0 Å². The fourth-order valence-corrected chi connectivity index (χ4v) is 1.44. The summed E-state index contributed by atoms with van der Waals surface area (Å²) in [5.74, 6) is 0. The van der Waals surface area contributed by atoms with Crippen LogP contribution in [0.5, 0.6) is 0 Å². The van der Waals surface area contributed by atoms with E-state index in [4.69, 9.17) is 0 Å². The van der Waals surface area contributed by atoms with Crippen molar-refractivity contribution in [3.05, 3.63) is 10.4 Å². The van der Waals surface area contributed by atoms with Gasteiger partial charge in [-0.25, -0.2) is 8.42 Å². The average molecular weight is 215 g/mol. The summed E-state index contributed by atoms with van der Waals surface area (Å²) >= 11 is 0. The summed E-state index contributed by atoms with van der Waals surface area (Å²) in [7, 11) is -3.54. The molecule has 2 rings (SSSR count). The van der Waals surface area contributed by atoms with Crippen molar-refractivity contribution in [1.29, 1.82) is 0 Å². The lowest BCUT2D eigenvalue weighted by Gasteiger charge is -1.94. The molecule has 0 aliphatic carbocycles. The molecule has 0 aliphatic rings. The lowest BCUT2D eigenvalue weighted by molar-refractivity contribution is 0.593. The molecule has 0 bridgehead atoms. The van der Waals surface area contributed by atoms with Crippen molar-refractivity contribution < 1.29 is 8.42 Å². The van der Waals surface area contributed by atoms with Gasteiger partial charge >= 0.3 is 0 Å². The van der Waals surface area contributed by atoms with Gasteiger partial charge in [0.2, 0.25) is 20.6 Å². The minimum Gasteiger partial charge on any atom is -0.295 e. The second kappa shape index (κ2) is 2.61. The molecule has 0 unspecified atom stereocenters. The number of aromatic nitrogens is 5. The molecular formula is C5H5N5O3S. The number of sulfone groups is 1. The van der Waals surface area contributed by atoms with Crippen LogP contribution in [0.1, 0.15) is 0 Å². The van der Waals surface area contributed by atoms with Crippen molar-refractivity contribution >= 4 is 21.0 Å². The molecule has 9 heteroatoms. The largest absolute Gasteiger partial charge is 0.295 e. The van der Waals surface area contributed by atoms with Crippen molar-refractivity contribution in [2.24, 2.45) is 0 Å². The number of fused-ring (bicyclic) bond motifs is 1. The quantitative estimate of drug-likeness (QED) is 0.555. The standard InChI is InChI=1S/C5H5N5O3S/c1-14(12,13)5-6-3-2(4(11)7-5)8-10-9-3/h1H3,(H2,6,7,8,9,10,11). The maximum Gasteiger partial charge on any atom is 0.281 e. The lowest BCUT2D eigenvalue weighted by Crippen LogP contribution is -2.15. The highest BCUT2D eigenvalue weighted by Gasteiger charge is 2.14. The topological polar surface area (TPSA) is 121 Å². The van der Waals surface area contributed by atoms with Crippen molar-refractivity contribution in [2.75, 3.05) is 6.26 Å². The Morgan fingerprint density at radius 3 is 2.64 bits per heavy atom. The smallest absolute Gasteiger partial charge is 0.281 e. The Hall–Kier alpha value is -1.77. The molecule has 2 N–H and O–H groups in total. The molecule has 14 heavy (non-hydrogen) atoms. The zero-order valence-corrected chi connectivity index (χ0v) is 7.79. The first-order chi connectivity index (χ1) is 6.48. The molecule has 0 amide bonds. The van der Waals surface area contributed by atoms with Crippen LogP contribution >= 0.6 is 0 Å². The summed E-state index contributed by atoms with van der Waals surface area (Å²) in [6, 6.07) is 0. The molecule has 2 heterocycles. The van der Waals surface area contributed by atoms with E-state index < -0.39 is 20.6 Å². The van der Waals surface area contributed by atoms with Gasteiger partial charge in [0.1, 0.15) is 0 Å². The molecule has 74 valence electrons. The summed E-state index contributed by atoms with van der Waals surface area (Å²) in [5.41, 5.74) is -0.671. The van der Waals surface area contributed by atoms with Crippen LogP contribution in [0.2, 0.25) is 0 Å². The highest BCUT2D eigenvalue weighted by molar-refractivity contribution is 7.90. The molecule has 0 saturated heterocycles. The molecule has 2 aromatic heterocycles. The number of nitrogens with one attached hydrogen (secondary N) is 2. The van der Waals surface area contributed by atoms with Gasteiger partial charge in [-0.3, -0.25) is 9.78 Å². The molecule has 0 fully saturated rings. The molecule has 0 radical (unpaired) electrons. The maximum atomic E-state index is 11.2. The van der Waals surface area contributed by atoms with E-state index in [9.17, 15) is 13.2 Å². The second-order valence-corrected chi connectivity index (χ2v) is 4.57. The minimum absolute atomic E-state index is 0.0163. The highest BCUT2D eigenvalue weighted by Crippen LogP contribution is 2.02. The van der Waals surface area contributed by atoms with Gasteiger partial charge in [0.15, 0.2) is 5.52 Å². The third kappa shape index (κ3) is 1.27. The zero-order valence-electron chi connectivity index (χ0n) is 6.97. The van der Waals surface area contributed by atoms with Crippen LogP contribution in [-0.4, -0.2) is 40.1 Å². The molecule has 2 aromatic rings. The monoisotopic (exact) mass is 215 g/mol. The number of nitrogens with zero attached hydrogens (tertiary/aromatic N) is 3. The molecule has 8 nitrogen and oxygen atoms in total. The Morgan fingerprint density at radius 1 is 1.29 bits per heavy atom. The Morgan fingerprint density at radius 2 is 2.00 bits per heavy atom. The van der Waals surface area contributed by atoms with Crippen LogP contribution in [0, 0.1) is 0 Å². The van der Waals surface area contributed by atoms with Crippen molar-refractivity contribution in [1.82, 2.24) is 25.4 Å². The first-order valence-electron chi connectivity index (χ1n) is 3.49. The lowest BCUT2D eigenvalue weighted by atomic mass is 10.6. The summed E-state index contributed by atoms with van der Waals surface area (Å²) in [5, 5.41) is 8.79.